The van der Waals surface area contributed by atoms with Crippen molar-refractivity contribution in [2.45, 2.75) is 19.6 Å². The summed E-state index contributed by atoms with van der Waals surface area (Å²) in [6, 6.07) is 13.1. The molecule has 0 spiro atoms. The Labute approximate surface area is 124 Å². The third kappa shape index (κ3) is 3.65. The molecule has 1 atom stereocenters. The largest absolute Gasteiger partial charge is 0.497 e. The minimum atomic E-state index is -0.0962. The number of methoxy groups -OCH3 is 1. The van der Waals surface area contributed by atoms with Gasteiger partial charge >= 0.3 is 0 Å². The van der Waals surface area contributed by atoms with Crippen LogP contribution in [0.4, 0.5) is 0 Å². The summed E-state index contributed by atoms with van der Waals surface area (Å²) in [5, 5.41) is 0.714. The van der Waals surface area contributed by atoms with E-state index < -0.39 is 0 Å². The van der Waals surface area contributed by atoms with E-state index in [1.807, 2.05) is 49.4 Å². The van der Waals surface area contributed by atoms with Gasteiger partial charge in [-0.05, 0) is 30.7 Å². The smallest absolute Gasteiger partial charge is 0.128 e. The van der Waals surface area contributed by atoms with Crippen LogP contribution in [0.1, 0.15) is 24.1 Å². The average Bonchev–Trinajstić information content (AvgIpc) is 2.46. The van der Waals surface area contributed by atoms with Crippen molar-refractivity contribution in [1.29, 1.82) is 0 Å². The maximum atomic E-state index is 5.96. The lowest BCUT2D eigenvalue weighted by molar-refractivity contribution is 0.299. The van der Waals surface area contributed by atoms with E-state index in [0.29, 0.717) is 11.6 Å². The van der Waals surface area contributed by atoms with Gasteiger partial charge in [-0.15, -0.1) is 0 Å². The molecule has 106 valence electrons. The monoisotopic (exact) mass is 291 g/mol. The Morgan fingerprint density at radius 3 is 2.45 bits per heavy atom. The van der Waals surface area contributed by atoms with Gasteiger partial charge in [-0.1, -0.05) is 29.8 Å². The zero-order chi connectivity index (χ0) is 14.5. The molecule has 0 heterocycles. The Balaban J connectivity index is 2.16. The molecular formula is C16H18ClNO2. The first kappa shape index (κ1) is 14.7. The highest BCUT2D eigenvalue weighted by molar-refractivity contribution is 6.30. The van der Waals surface area contributed by atoms with Crippen molar-refractivity contribution in [3.8, 4) is 11.5 Å². The third-order valence-electron chi connectivity index (χ3n) is 3.02. The van der Waals surface area contributed by atoms with Crippen LogP contribution in [0.5, 0.6) is 11.5 Å². The van der Waals surface area contributed by atoms with Gasteiger partial charge in [-0.3, -0.25) is 0 Å². The third-order valence-corrected chi connectivity index (χ3v) is 3.27. The van der Waals surface area contributed by atoms with Crippen LogP contribution in [0, 0.1) is 0 Å². The molecule has 0 aliphatic rings. The molecular weight excluding hydrogens is 274 g/mol. The highest BCUT2D eigenvalue weighted by atomic mass is 35.5. The predicted octanol–water partition coefficient (Wildman–Crippen LogP) is 3.95. The first-order valence-electron chi connectivity index (χ1n) is 6.41. The van der Waals surface area contributed by atoms with Crippen molar-refractivity contribution in [2.75, 3.05) is 7.11 Å². The Morgan fingerprint density at radius 2 is 1.85 bits per heavy atom. The molecule has 0 aliphatic carbocycles. The molecule has 0 aromatic heterocycles. The van der Waals surface area contributed by atoms with Crippen LogP contribution < -0.4 is 15.2 Å². The predicted molar refractivity (Wildman–Crippen MR) is 81.4 cm³/mol. The maximum Gasteiger partial charge on any atom is 0.128 e. The summed E-state index contributed by atoms with van der Waals surface area (Å²) in [5.74, 6) is 1.50. The van der Waals surface area contributed by atoms with Crippen LogP contribution >= 0.6 is 11.6 Å². The van der Waals surface area contributed by atoms with E-state index in [9.17, 15) is 0 Å². The van der Waals surface area contributed by atoms with Crippen LogP contribution in [0.2, 0.25) is 5.02 Å². The van der Waals surface area contributed by atoms with Gasteiger partial charge in [0.2, 0.25) is 0 Å². The van der Waals surface area contributed by atoms with Crippen molar-refractivity contribution < 1.29 is 9.47 Å². The molecule has 0 unspecified atom stereocenters. The van der Waals surface area contributed by atoms with Crippen LogP contribution in [0.25, 0.3) is 0 Å². The number of ether oxygens (including phenoxy) is 2. The van der Waals surface area contributed by atoms with Crippen molar-refractivity contribution in [3.63, 3.8) is 0 Å². The van der Waals surface area contributed by atoms with Gasteiger partial charge in [-0.2, -0.15) is 0 Å². The average molecular weight is 292 g/mol. The molecule has 2 N–H and O–H groups in total. The fourth-order valence-corrected chi connectivity index (χ4v) is 2.01. The molecule has 3 nitrogen and oxygen atoms in total. The first-order valence-corrected chi connectivity index (χ1v) is 6.78. The summed E-state index contributed by atoms with van der Waals surface area (Å²) in [4.78, 5) is 0. The van der Waals surface area contributed by atoms with Crippen LogP contribution in [0.3, 0.4) is 0 Å². The molecule has 20 heavy (non-hydrogen) atoms. The Kier molecular flexibility index (Phi) is 4.88. The summed E-state index contributed by atoms with van der Waals surface area (Å²) in [6.07, 6.45) is 0. The second-order valence-electron chi connectivity index (χ2n) is 4.61. The van der Waals surface area contributed by atoms with Gasteiger partial charge in [0.25, 0.3) is 0 Å². The van der Waals surface area contributed by atoms with Gasteiger partial charge in [0, 0.05) is 22.7 Å². The number of rotatable bonds is 5. The maximum absolute atomic E-state index is 5.96. The lowest BCUT2D eigenvalue weighted by Gasteiger charge is -2.15. The summed E-state index contributed by atoms with van der Waals surface area (Å²) >= 11 is 5.86. The molecule has 4 heteroatoms. The Morgan fingerprint density at radius 1 is 1.15 bits per heavy atom. The van der Waals surface area contributed by atoms with E-state index in [1.165, 1.54) is 0 Å². The molecule has 2 aromatic rings. The SMILES string of the molecule is COc1ccc([C@@H](C)N)c(OCc2ccc(Cl)cc2)c1. The van der Waals surface area contributed by atoms with E-state index >= 15 is 0 Å². The van der Waals surface area contributed by atoms with Crippen LogP contribution in [0.15, 0.2) is 42.5 Å². The van der Waals surface area contributed by atoms with E-state index in [2.05, 4.69) is 0 Å². The Hall–Kier alpha value is -1.71. The minimum Gasteiger partial charge on any atom is -0.497 e. The summed E-state index contributed by atoms with van der Waals surface area (Å²) in [7, 11) is 1.63. The molecule has 0 aliphatic heterocycles. The minimum absolute atomic E-state index is 0.0962. The van der Waals surface area contributed by atoms with Crippen molar-refractivity contribution >= 4 is 11.6 Å². The Bertz CT molecular complexity index is 567. The zero-order valence-electron chi connectivity index (χ0n) is 11.6. The molecule has 0 saturated heterocycles. The molecule has 0 saturated carbocycles. The molecule has 0 bridgehead atoms. The van der Waals surface area contributed by atoms with E-state index in [1.54, 1.807) is 7.11 Å². The van der Waals surface area contributed by atoms with Gasteiger partial charge in [0.05, 0.1) is 7.11 Å². The van der Waals surface area contributed by atoms with Crippen LogP contribution in [-0.4, -0.2) is 7.11 Å². The molecule has 0 amide bonds. The standard InChI is InChI=1S/C16H18ClNO2/c1-11(18)15-8-7-14(19-2)9-16(15)20-10-12-3-5-13(17)6-4-12/h3-9,11H,10,18H2,1-2H3/t11-/m1/s1. The fraction of sp³-hybridized carbons (Fsp3) is 0.250. The second kappa shape index (κ2) is 6.64. The number of halogens is 1. The summed E-state index contributed by atoms with van der Waals surface area (Å²) in [6.45, 7) is 2.39. The second-order valence-corrected chi connectivity index (χ2v) is 5.04. The lowest BCUT2D eigenvalue weighted by Crippen LogP contribution is -2.08. The van der Waals surface area contributed by atoms with E-state index in [-0.39, 0.29) is 6.04 Å². The van der Waals surface area contributed by atoms with E-state index in [0.717, 1.165) is 22.6 Å². The van der Waals surface area contributed by atoms with Crippen molar-refractivity contribution in [2.24, 2.45) is 5.73 Å². The van der Waals surface area contributed by atoms with Crippen LogP contribution in [-0.2, 0) is 6.61 Å². The van der Waals surface area contributed by atoms with Crippen molar-refractivity contribution in [3.05, 3.63) is 58.6 Å². The van der Waals surface area contributed by atoms with Crippen molar-refractivity contribution in [1.82, 2.24) is 0 Å². The fourth-order valence-electron chi connectivity index (χ4n) is 1.88. The topological polar surface area (TPSA) is 44.5 Å². The first-order chi connectivity index (χ1) is 9.60. The number of hydrogen-bond donors (Lipinski definition) is 1. The highest BCUT2D eigenvalue weighted by Gasteiger charge is 2.10. The van der Waals surface area contributed by atoms with E-state index in [4.69, 9.17) is 26.8 Å². The van der Waals surface area contributed by atoms with Gasteiger partial charge in [-0.25, -0.2) is 0 Å². The number of benzene rings is 2. The molecule has 2 aromatic carbocycles. The summed E-state index contributed by atoms with van der Waals surface area (Å²) < 4.78 is 11.1. The summed E-state index contributed by atoms with van der Waals surface area (Å²) in [5.41, 5.74) is 7.96. The molecule has 2 rings (SSSR count). The van der Waals surface area contributed by atoms with Gasteiger partial charge in [0.1, 0.15) is 18.1 Å². The lowest BCUT2D eigenvalue weighted by atomic mass is 10.1. The molecule has 0 fully saturated rings. The normalized spacial score (nSPS) is 12.0. The quantitative estimate of drug-likeness (QED) is 0.907. The van der Waals surface area contributed by atoms with Gasteiger partial charge in [0.15, 0.2) is 0 Å². The molecule has 0 radical (unpaired) electrons. The number of hydrogen-bond acceptors (Lipinski definition) is 3. The van der Waals surface area contributed by atoms with Gasteiger partial charge < -0.3 is 15.2 Å². The highest BCUT2D eigenvalue weighted by Crippen LogP contribution is 2.29. The zero-order valence-corrected chi connectivity index (χ0v) is 12.4. The number of nitrogens with two attached hydrogens (primary N) is 1.